The monoisotopic (exact) mass is 389 g/mol. The Balaban J connectivity index is 1.48. The standard InChI is InChI=1S/C19H27N5O4/c25-15-3-1-2-13(15)14-8-27-7-5-24(14)18-16-17(20-11-21-18)23(12-22-16)9-19(26)4-6-28-10-19/h11-15,25-26H,1-10H2. The summed E-state index contributed by atoms with van der Waals surface area (Å²) < 4.78 is 13.0. The van der Waals surface area contributed by atoms with Crippen LogP contribution in [0.15, 0.2) is 12.7 Å². The van der Waals surface area contributed by atoms with Crippen LogP contribution in [-0.4, -0.2) is 80.5 Å². The van der Waals surface area contributed by atoms with Gasteiger partial charge in [-0.25, -0.2) is 15.0 Å². The third kappa shape index (κ3) is 3.16. The summed E-state index contributed by atoms with van der Waals surface area (Å²) in [5.41, 5.74) is 0.556. The van der Waals surface area contributed by atoms with Crippen LogP contribution in [0.2, 0.25) is 0 Å². The highest BCUT2D eigenvalue weighted by Crippen LogP contribution is 2.35. The van der Waals surface area contributed by atoms with Gasteiger partial charge in [0.1, 0.15) is 11.9 Å². The first-order valence-electron chi connectivity index (χ1n) is 10.1. The van der Waals surface area contributed by atoms with E-state index in [1.54, 1.807) is 12.7 Å². The zero-order chi connectivity index (χ0) is 19.1. The van der Waals surface area contributed by atoms with E-state index in [2.05, 4.69) is 19.9 Å². The zero-order valence-corrected chi connectivity index (χ0v) is 15.9. The van der Waals surface area contributed by atoms with Gasteiger partial charge >= 0.3 is 0 Å². The van der Waals surface area contributed by atoms with E-state index in [1.807, 2.05) is 4.57 Å². The minimum atomic E-state index is -0.881. The maximum atomic E-state index is 10.7. The maximum Gasteiger partial charge on any atom is 0.165 e. The van der Waals surface area contributed by atoms with Crippen LogP contribution in [0.4, 0.5) is 5.82 Å². The van der Waals surface area contributed by atoms with Gasteiger partial charge in [0.25, 0.3) is 0 Å². The Bertz CT molecular complexity index is 837. The number of imidazole rings is 1. The van der Waals surface area contributed by atoms with Gasteiger partial charge in [-0.2, -0.15) is 0 Å². The van der Waals surface area contributed by atoms with Gasteiger partial charge in [-0.05, 0) is 12.8 Å². The summed E-state index contributed by atoms with van der Waals surface area (Å²) in [6.07, 6.45) is 6.49. The maximum absolute atomic E-state index is 10.7. The molecule has 4 atom stereocenters. The Kier molecular flexibility index (Phi) is 4.70. The molecule has 2 saturated heterocycles. The van der Waals surface area contributed by atoms with E-state index < -0.39 is 5.60 Å². The topological polar surface area (TPSA) is 106 Å². The summed E-state index contributed by atoms with van der Waals surface area (Å²) in [4.78, 5) is 15.8. The van der Waals surface area contributed by atoms with Gasteiger partial charge in [-0.3, -0.25) is 0 Å². The molecule has 5 rings (SSSR count). The molecule has 9 nitrogen and oxygen atoms in total. The van der Waals surface area contributed by atoms with E-state index in [-0.39, 0.29) is 18.1 Å². The van der Waals surface area contributed by atoms with Crippen LogP contribution in [0.5, 0.6) is 0 Å². The predicted molar refractivity (Wildman–Crippen MR) is 101 cm³/mol. The lowest BCUT2D eigenvalue weighted by Crippen LogP contribution is -2.51. The van der Waals surface area contributed by atoms with Gasteiger partial charge in [0.2, 0.25) is 0 Å². The van der Waals surface area contributed by atoms with E-state index in [4.69, 9.17) is 9.47 Å². The van der Waals surface area contributed by atoms with E-state index in [1.165, 1.54) is 0 Å². The second kappa shape index (κ2) is 7.22. The quantitative estimate of drug-likeness (QED) is 0.771. The number of morpholine rings is 1. The molecule has 3 fully saturated rings. The third-order valence-electron chi connectivity index (χ3n) is 6.39. The third-order valence-corrected chi connectivity index (χ3v) is 6.39. The second-order valence-electron chi connectivity index (χ2n) is 8.27. The molecule has 4 heterocycles. The van der Waals surface area contributed by atoms with Gasteiger partial charge in [0.15, 0.2) is 17.0 Å². The van der Waals surface area contributed by atoms with E-state index in [0.29, 0.717) is 51.6 Å². The van der Waals surface area contributed by atoms with Crippen molar-refractivity contribution in [1.82, 2.24) is 19.5 Å². The van der Waals surface area contributed by atoms with Gasteiger partial charge in [-0.15, -0.1) is 0 Å². The van der Waals surface area contributed by atoms with Crippen molar-refractivity contribution in [3.8, 4) is 0 Å². The molecule has 0 radical (unpaired) electrons. The minimum Gasteiger partial charge on any atom is -0.393 e. The molecule has 2 N–H and O–H groups in total. The lowest BCUT2D eigenvalue weighted by Gasteiger charge is -2.40. The molecular formula is C19H27N5O4. The zero-order valence-electron chi connectivity index (χ0n) is 15.9. The van der Waals surface area contributed by atoms with E-state index in [9.17, 15) is 10.2 Å². The molecule has 0 bridgehead atoms. The molecule has 1 saturated carbocycles. The summed E-state index contributed by atoms with van der Waals surface area (Å²) in [6, 6.07) is 0.0851. The molecule has 2 aliphatic heterocycles. The first-order valence-corrected chi connectivity index (χ1v) is 10.1. The fraction of sp³-hybridized carbons (Fsp3) is 0.737. The van der Waals surface area contributed by atoms with Crippen molar-refractivity contribution in [2.75, 3.05) is 37.9 Å². The summed E-state index contributed by atoms with van der Waals surface area (Å²) in [6.45, 7) is 3.23. The second-order valence-corrected chi connectivity index (χ2v) is 8.27. The van der Waals surface area contributed by atoms with Gasteiger partial charge in [0.05, 0.1) is 44.8 Å². The van der Waals surface area contributed by atoms with Crippen LogP contribution in [0.3, 0.4) is 0 Å². The number of ether oxygens (including phenoxy) is 2. The summed E-state index contributed by atoms with van der Waals surface area (Å²) in [5.74, 6) is 0.967. The molecule has 2 aromatic rings. The highest BCUT2D eigenvalue weighted by Gasteiger charge is 2.39. The van der Waals surface area contributed by atoms with Crippen molar-refractivity contribution < 1.29 is 19.7 Å². The Morgan fingerprint density at radius 3 is 2.89 bits per heavy atom. The van der Waals surface area contributed by atoms with Crippen LogP contribution < -0.4 is 4.90 Å². The van der Waals surface area contributed by atoms with Crippen LogP contribution in [0.25, 0.3) is 11.2 Å². The highest BCUT2D eigenvalue weighted by molar-refractivity contribution is 5.83. The van der Waals surface area contributed by atoms with Gasteiger partial charge < -0.3 is 29.2 Å². The normalized spacial score (nSPS) is 33.8. The molecule has 0 amide bonds. The molecule has 2 aromatic heterocycles. The van der Waals surface area contributed by atoms with Crippen molar-refractivity contribution in [3.05, 3.63) is 12.7 Å². The van der Waals surface area contributed by atoms with Crippen molar-refractivity contribution in [1.29, 1.82) is 0 Å². The SMILES string of the molecule is OC1CCCC1C1COCCN1c1ncnc2c1ncn2CC1(O)CCOC1. The van der Waals surface area contributed by atoms with E-state index >= 15 is 0 Å². The fourth-order valence-electron chi connectivity index (χ4n) is 4.89. The molecule has 9 heteroatoms. The lowest BCUT2D eigenvalue weighted by molar-refractivity contribution is 0.0126. The number of aliphatic hydroxyl groups is 2. The highest BCUT2D eigenvalue weighted by atomic mass is 16.5. The number of fused-ring (bicyclic) bond motifs is 1. The number of aliphatic hydroxyl groups excluding tert-OH is 1. The van der Waals surface area contributed by atoms with Gasteiger partial charge in [0, 0.05) is 25.5 Å². The average molecular weight is 389 g/mol. The number of aromatic nitrogens is 4. The molecular weight excluding hydrogens is 362 g/mol. The van der Waals surface area contributed by atoms with Crippen molar-refractivity contribution in [3.63, 3.8) is 0 Å². The molecule has 1 aliphatic carbocycles. The summed E-state index contributed by atoms with van der Waals surface area (Å²) >= 11 is 0. The Labute approximate surface area is 163 Å². The molecule has 3 aliphatic rings. The number of anilines is 1. The van der Waals surface area contributed by atoms with E-state index in [0.717, 1.165) is 30.6 Å². The minimum absolute atomic E-state index is 0.0851. The Morgan fingerprint density at radius 1 is 1.18 bits per heavy atom. The smallest absolute Gasteiger partial charge is 0.165 e. The number of rotatable bonds is 4. The molecule has 0 aromatic carbocycles. The molecule has 0 spiro atoms. The average Bonchev–Trinajstić information content (AvgIpc) is 3.43. The number of nitrogens with zero attached hydrogens (tertiary/aromatic N) is 5. The Morgan fingerprint density at radius 2 is 2.11 bits per heavy atom. The fourth-order valence-corrected chi connectivity index (χ4v) is 4.89. The summed E-state index contributed by atoms with van der Waals surface area (Å²) in [5, 5.41) is 21.1. The van der Waals surface area contributed by atoms with Crippen LogP contribution in [0, 0.1) is 5.92 Å². The molecule has 4 unspecified atom stereocenters. The molecule has 152 valence electrons. The van der Waals surface area contributed by atoms with Crippen LogP contribution >= 0.6 is 0 Å². The van der Waals surface area contributed by atoms with Crippen molar-refractivity contribution in [2.45, 2.75) is 50.0 Å². The first-order chi connectivity index (χ1) is 13.6. The Hall–Kier alpha value is -1.81. The number of hydrogen-bond acceptors (Lipinski definition) is 8. The van der Waals surface area contributed by atoms with Crippen molar-refractivity contribution in [2.24, 2.45) is 5.92 Å². The van der Waals surface area contributed by atoms with Crippen LogP contribution in [0.1, 0.15) is 25.7 Å². The first kappa shape index (κ1) is 18.2. The van der Waals surface area contributed by atoms with Crippen molar-refractivity contribution >= 4 is 17.0 Å². The van der Waals surface area contributed by atoms with Gasteiger partial charge in [-0.1, -0.05) is 6.42 Å². The van der Waals surface area contributed by atoms with Crippen LogP contribution in [-0.2, 0) is 16.0 Å². The lowest BCUT2D eigenvalue weighted by atomic mass is 9.94. The largest absolute Gasteiger partial charge is 0.393 e. The molecule has 28 heavy (non-hydrogen) atoms. The summed E-state index contributed by atoms with van der Waals surface area (Å²) in [7, 11) is 0. The predicted octanol–water partition coefficient (Wildman–Crippen LogP) is 0.344. The number of hydrogen-bond donors (Lipinski definition) is 2.